The number of morpholine rings is 1. The first-order chi connectivity index (χ1) is 10.2. The Morgan fingerprint density at radius 2 is 2.00 bits per heavy atom. The zero-order chi connectivity index (χ0) is 14.7. The molecule has 2 atom stereocenters. The Kier molecular flexibility index (Phi) is 4.93. The lowest BCUT2D eigenvalue weighted by Crippen LogP contribution is -2.47. The highest BCUT2D eigenvalue weighted by Crippen LogP contribution is 2.16. The number of aryl methyl sites for hydroxylation is 2. The summed E-state index contributed by atoms with van der Waals surface area (Å²) in [5.74, 6) is 0. The van der Waals surface area contributed by atoms with Crippen molar-refractivity contribution in [2.24, 2.45) is 0 Å². The second-order valence-electron chi connectivity index (χ2n) is 6.35. The van der Waals surface area contributed by atoms with Crippen molar-refractivity contribution in [3.63, 3.8) is 0 Å². The molecule has 3 heterocycles. The molecule has 0 amide bonds. The van der Waals surface area contributed by atoms with Gasteiger partial charge in [-0.3, -0.25) is 9.58 Å². The predicted octanol–water partition coefficient (Wildman–Crippen LogP) is 1.77. The number of aromatic nitrogens is 2. The van der Waals surface area contributed by atoms with Crippen molar-refractivity contribution in [3.05, 3.63) is 17.5 Å². The molecular formula is C16H27N3O2. The minimum absolute atomic E-state index is 0.236. The molecule has 1 aromatic heterocycles. The van der Waals surface area contributed by atoms with Crippen molar-refractivity contribution in [2.75, 3.05) is 32.8 Å². The van der Waals surface area contributed by atoms with Crippen molar-refractivity contribution in [3.8, 4) is 0 Å². The van der Waals surface area contributed by atoms with Crippen LogP contribution in [0.25, 0.3) is 0 Å². The largest absolute Gasteiger partial charge is 0.377 e. The maximum Gasteiger partial charge on any atom is 0.0898 e. The average Bonchev–Trinajstić information content (AvgIpc) is 2.78. The van der Waals surface area contributed by atoms with E-state index in [9.17, 15) is 0 Å². The van der Waals surface area contributed by atoms with Gasteiger partial charge in [0, 0.05) is 31.9 Å². The second-order valence-corrected chi connectivity index (χ2v) is 6.35. The van der Waals surface area contributed by atoms with Gasteiger partial charge in [0.1, 0.15) is 0 Å². The van der Waals surface area contributed by atoms with E-state index in [2.05, 4.69) is 27.7 Å². The Balaban J connectivity index is 1.51. The molecule has 5 nitrogen and oxygen atoms in total. The fourth-order valence-corrected chi connectivity index (χ4v) is 3.35. The van der Waals surface area contributed by atoms with Gasteiger partial charge in [0.2, 0.25) is 0 Å². The molecule has 0 radical (unpaired) electrons. The molecule has 2 saturated heterocycles. The maximum absolute atomic E-state index is 5.92. The van der Waals surface area contributed by atoms with Crippen molar-refractivity contribution >= 4 is 0 Å². The zero-order valence-electron chi connectivity index (χ0n) is 13.3. The van der Waals surface area contributed by atoms with Gasteiger partial charge in [0.25, 0.3) is 0 Å². The van der Waals surface area contributed by atoms with Crippen LogP contribution in [-0.4, -0.2) is 59.7 Å². The van der Waals surface area contributed by atoms with Gasteiger partial charge in [-0.05, 0) is 39.2 Å². The van der Waals surface area contributed by atoms with E-state index in [1.807, 2.05) is 6.92 Å². The molecule has 0 saturated carbocycles. The summed E-state index contributed by atoms with van der Waals surface area (Å²) in [5.41, 5.74) is 2.29. The molecule has 2 aliphatic rings. The minimum atomic E-state index is 0.236. The summed E-state index contributed by atoms with van der Waals surface area (Å²) in [6.07, 6.45) is 4.40. The Labute approximate surface area is 127 Å². The highest BCUT2D eigenvalue weighted by molar-refractivity contribution is 5.06. The first-order valence-corrected chi connectivity index (χ1v) is 8.17. The van der Waals surface area contributed by atoms with Crippen LogP contribution in [0.1, 0.15) is 30.7 Å². The monoisotopic (exact) mass is 293 g/mol. The molecule has 2 aliphatic heterocycles. The van der Waals surface area contributed by atoms with Gasteiger partial charge < -0.3 is 9.47 Å². The van der Waals surface area contributed by atoms with Crippen LogP contribution in [0.15, 0.2) is 6.07 Å². The molecule has 0 aliphatic carbocycles. The number of rotatable bonds is 4. The summed E-state index contributed by atoms with van der Waals surface area (Å²) < 4.78 is 13.8. The van der Waals surface area contributed by atoms with E-state index in [0.29, 0.717) is 6.10 Å². The third-order valence-corrected chi connectivity index (χ3v) is 4.44. The second kappa shape index (κ2) is 6.90. The van der Waals surface area contributed by atoms with Crippen LogP contribution in [0.2, 0.25) is 0 Å². The number of hydrogen-bond donors (Lipinski definition) is 0. The van der Waals surface area contributed by atoms with E-state index in [1.54, 1.807) is 0 Å². The van der Waals surface area contributed by atoms with E-state index in [4.69, 9.17) is 9.47 Å². The van der Waals surface area contributed by atoms with E-state index < -0.39 is 0 Å². The summed E-state index contributed by atoms with van der Waals surface area (Å²) in [6, 6.07) is 2.12. The van der Waals surface area contributed by atoms with Gasteiger partial charge in [-0.1, -0.05) is 0 Å². The van der Waals surface area contributed by atoms with Crippen LogP contribution in [0.3, 0.4) is 0 Å². The fraction of sp³-hybridized carbons (Fsp3) is 0.812. The number of ether oxygens (including phenoxy) is 2. The van der Waals surface area contributed by atoms with E-state index in [1.165, 1.54) is 25.0 Å². The predicted molar refractivity (Wildman–Crippen MR) is 81.5 cm³/mol. The SMILES string of the molecule is Cc1cc(C)n(C[C@H]2CN(C[C@H]3CCCCO3)CCO2)n1. The third kappa shape index (κ3) is 4.05. The average molecular weight is 293 g/mol. The lowest BCUT2D eigenvalue weighted by atomic mass is 10.1. The third-order valence-electron chi connectivity index (χ3n) is 4.44. The zero-order valence-corrected chi connectivity index (χ0v) is 13.3. The first kappa shape index (κ1) is 15.0. The lowest BCUT2D eigenvalue weighted by Gasteiger charge is -2.36. The molecule has 21 heavy (non-hydrogen) atoms. The van der Waals surface area contributed by atoms with E-state index in [-0.39, 0.29) is 6.10 Å². The Morgan fingerprint density at radius 1 is 1.14 bits per heavy atom. The Hall–Kier alpha value is -0.910. The highest BCUT2D eigenvalue weighted by atomic mass is 16.5. The van der Waals surface area contributed by atoms with Crippen LogP contribution >= 0.6 is 0 Å². The van der Waals surface area contributed by atoms with Crippen LogP contribution in [-0.2, 0) is 16.0 Å². The summed E-state index contributed by atoms with van der Waals surface area (Å²) in [6.45, 7) is 9.81. The molecule has 0 N–H and O–H groups in total. The molecule has 5 heteroatoms. The Bertz CT molecular complexity index is 454. The standard InChI is InChI=1S/C16H27N3O2/c1-13-9-14(2)19(17-13)12-16-11-18(6-8-21-16)10-15-5-3-4-7-20-15/h9,15-16H,3-8,10-12H2,1-2H3/t15-,16-/m1/s1. The lowest BCUT2D eigenvalue weighted by molar-refractivity contribution is -0.0652. The van der Waals surface area contributed by atoms with Gasteiger partial charge >= 0.3 is 0 Å². The molecule has 2 fully saturated rings. The van der Waals surface area contributed by atoms with Crippen LogP contribution in [0.5, 0.6) is 0 Å². The fourth-order valence-electron chi connectivity index (χ4n) is 3.35. The molecule has 0 spiro atoms. The van der Waals surface area contributed by atoms with E-state index >= 15 is 0 Å². The summed E-state index contributed by atoms with van der Waals surface area (Å²) >= 11 is 0. The van der Waals surface area contributed by atoms with Gasteiger partial charge in [-0.25, -0.2) is 0 Å². The van der Waals surface area contributed by atoms with Crippen molar-refractivity contribution in [1.82, 2.24) is 14.7 Å². The molecule has 0 unspecified atom stereocenters. The normalized spacial score (nSPS) is 27.9. The highest BCUT2D eigenvalue weighted by Gasteiger charge is 2.25. The van der Waals surface area contributed by atoms with Crippen LogP contribution in [0.4, 0.5) is 0 Å². The first-order valence-electron chi connectivity index (χ1n) is 8.17. The van der Waals surface area contributed by atoms with Gasteiger partial charge in [0.05, 0.1) is 31.1 Å². The molecule has 0 aromatic carbocycles. The number of nitrogens with zero attached hydrogens (tertiary/aromatic N) is 3. The quantitative estimate of drug-likeness (QED) is 0.848. The molecule has 118 valence electrons. The van der Waals surface area contributed by atoms with Gasteiger partial charge in [0.15, 0.2) is 0 Å². The van der Waals surface area contributed by atoms with E-state index in [0.717, 1.165) is 45.1 Å². The van der Waals surface area contributed by atoms with Crippen LogP contribution in [0, 0.1) is 13.8 Å². The van der Waals surface area contributed by atoms with Crippen LogP contribution < -0.4 is 0 Å². The Morgan fingerprint density at radius 3 is 2.71 bits per heavy atom. The summed E-state index contributed by atoms with van der Waals surface area (Å²) in [5, 5.41) is 4.54. The minimum Gasteiger partial charge on any atom is -0.377 e. The summed E-state index contributed by atoms with van der Waals surface area (Å²) in [4.78, 5) is 2.50. The van der Waals surface area contributed by atoms with Gasteiger partial charge in [-0.2, -0.15) is 5.10 Å². The van der Waals surface area contributed by atoms with Crippen molar-refractivity contribution < 1.29 is 9.47 Å². The maximum atomic E-state index is 5.92. The molecule has 3 rings (SSSR count). The molecule has 0 bridgehead atoms. The van der Waals surface area contributed by atoms with Crippen molar-refractivity contribution in [1.29, 1.82) is 0 Å². The molecule has 1 aromatic rings. The smallest absolute Gasteiger partial charge is 0.0898 e. The topological polar surface area (TPSA) is 39.5 Å². The number of hydrogen-bond acceptors (Lipinski definition) is 4. The summed E-state index contributed by atoms with van der Waals surface area (Å²) in [7, 11) is 0. The molecular weight excluding hydrogens is 266 g/mol. The van der Waals surface area contributed by atoms with Crippen molar-refractivity contribution in [2.45, 2.75) is 51.9 Å². The van der Waals surface area contributed by atoms with Gasteiger partial charge in [-0.15, -0.1) is 0 Å².